The van der Waals surface area contributed by atoms with Crippen molar-refractivity contribution >= 4 is 31.9 Å². The summed E-state index contributed by atoms with van der Waals surface area (Å²) in [5.74, 6) is 0.877. The van der Waals surface area contributed by atoms with Gasteiger partial charge in [0.1, 0.15) is 18.1 Å². The minimum atomic E-state index is -3.53. The quantitative estimate of drug-likeness (QED) is 0.518. The Morgan fingerprint density at radius 1 is 1.10 bits per heavy atom. The number of hydrogen-bond donors (Lipinski definition) is 1. The number of halogens is 1. The van der Waals surface area contributed by atoms with Crippen LogP contribution in [0.25, 0.3) is 0 Å². The van der Waals surface area contributed by atoms with Crippen LogP contribution in [0.4, 0.5) is 0 Å². The second-order valence-electron chi connectivity index (χ2n) is 6.84. The molecule has 0 aromatic heterocycles. The van der Waals surface area contributed by atoms with E-state index >= 15 is 0 Å². The summed E-state index contributed by atoms with van der Waals surface area (Å²) in [6.07, 6.45) is -0.647. The van der Waals surface area contributed by atoms with Crippen molar-refractivity contribution in [3.8, 4) is 11.5 Å². The van der Waals surface area contributed by atoms with Crippen molar-refractivity contribution in [2.24, 2.45) is 0 Å². The largest absolute Gasteiger partial charge is 0.492 e. The maximum absolute atomic E-state index is 12.6. The molecule has 1 N–H and O–H groups in total. The third kappa shape index (κ3) is 6.67. The Balaban J connectivity index is 1.42. The molecule has 1 aliphatic rings. The zero-order chi connectivity index (χ0) is 22.3. The zero-order valence-electron chi connectivity index (χ0n) is 17.1. The van der Waals surface area contributed by atoms with Gasteiger partial charge in [0.2, 0.25) is 10.0 Å². The van der Waals surface area contributed by atoms with Crippen molar-refractivity contribution < 1.29 is 27.4 Å². The molecule has 2 aromatic carbocycles. The molecule has 8 nitrogen and oxygen atoms in total. The van der Waals surface area contributed by atoms with Gasteiger partial charge in [-0.05, 0) is 55.5 Å². The molecule has 1 amide bonds. The number of nitrogens with one attached hydrogen (secondary N) is 1. The number of nitrogens with zero attached hydrogens (tertiary/aromatic N) is 1. The molecule has 0 unspecified atom stereocenters. The van der Waals surface area contributed by atoms with Crippen LogP contribution in [0.3, 0.4) is 0 Å². The molecule has 3 rings (SSSR count). The van der Waals surface area contributed by atoms with Crippen molar-refractivity contribution in [2.45, 2.75) is 17.9 Å². The molecule has 0 spiro atoms. The number of amides is 1. The smallest absolute Gasteiger partial charge is 0.260 e. The van der Waals surface area contributed by atoms with E-state index in [9.17, 15) is 13.2 Å². The van der Waals surface area contributed by atoms with Crippen LogP contribution in [-0.2, 0) is 19.6 Å². The molecule has 0 bridgehead atoms. The van der Waals surface area contributed by atoms with Crippen LogP contribution in [0.15, 0.2) is 57.9 Å². The van der Waals surface area contributed by atoms with Crippen molar-refractivity contribution in [1.29, 1.82) is 0 Å². The van der Waals surface area contributed by atoms with Crippen molar-refractivity contribution in [2.75, 3.05) is 39.5 Å². The molecular formula is C21H25BrN2O6S. The van der Waals surface area contributed by atoms with E-state index in [0.29, 0.717) is 44.3 Å². The van der Waals surface area contributed by atoms with Crippen LogP contribution in [-0.4, -0.2) is 64.2 Å². The van der Waals surface area contributed by atoms with Crippen LogP contribution >= 0.6 is 15.9 Å². The van der Waals surface area contributed by atoms with Crippen molar-refractivity contribution in [1.82, 2.24) is 9.62 Å². The fourth-order valence-electron chi connectivity index (χ4n) is 2.90. The molecule has 2 aromatic rings. The monoisotopic (exact) mass is 512 g/mol. The number of hydrogen-bond acceptors (Lipinski definition) is 6. The van der Waals surface area contributed by atoms with Crippen LogP contribution in [0.2, 0.25) is 0 Å². The first kappa shape index (κ1) is 23.5. The number of rotatable bonds is 9. The van der Waals surface area contributed by atoms with E-state index in [2.05, 4.69) is 21.2 Å². The highest BCUT2D eigenvalue weighted by atomic mass is 79.9. The van der Waals surface area contributed by atoms with E-state index in [0.717, 1.165) is 4.47 Å². The molecule has 1 saturated heterocycles. The van der Waals surface area contributed by atoms with Gasteiger partial charge in [-0.3, -0.25) is 4.79 Å². The van der Waals surface area contributed by atoms with Gasteiger partial charge >= 0.3 is 0 Å². The second kappa shape index (κ2) is 10.9. The lowest BCUT2D eigenvalue weighted by atomic mass is 10.3. The van der Waals surface area contributed by atoms with E-state index in [-0.39, 0.29) is 17.4 Å². The Morgan fingerprint density at radius 3 is 2.35 bits per heavy atom. The first-order valence-corrected chi connectivity index (χ1v) is 12.1. The van der Waals surface area contributed by atoms with E-state index in [1.54, 1.807) is 31.2 Å². The first-order chi connectivity index (χ1) is 14.9. The summed E-state index contributed by atoms with van der Waals surface area (Å²) in [6.45, 7) is 3.71. The molecule has 0 saturated carbocycles. The van der Waals surface area contributed by atoms with Gasteiger partial charge in [-0.1, -0.05) is 15.9 Å². The molecule has 1 heterocycles. The summed E-state index contributed by atoms with van der Waals surface area (Å²) in [6, 6.07) is 13.5. The van der Waals surface area contributed by atoms with Gasteiger partial charge in [0.25, 0.3) is 5.91 Å². The predicted octanol–water partition coefficient (Wildman–Crippen LogP) is 2.43. The van der Waals surface area contributed by atoms with Crippen molar-refractivity contribution in [3.05, 3.63) is 53.0 Å². The lowest BCUT2D eigenvalue weighted by Gasteiger charge is -2.26. The third-order valence-corrected chi connectivity index (χ3v) is 7.04. The minimum Gasteiger partial charge on any atom is -0.492 e. The molecule has 168 valence electrons. The highest BCUT2D eigenvalue weighted by Crippen LogP contribution is 2.20. The Kier molecular flexibility index (Phi) is 8.30. The molecule has 31 heavy (non-hydrogen) atoms. The average Bonchev–Trinajstić information content (AvgIpc) is 2.79. The predicted molar refractivity (Wildman–Crippen MR) is 119 cm³/mol. The highest BCUT2D eigenvalue weighted by Gasteiger charge is 2.26. The molecule has 1 aliphatic heterocycles. The number of benzene rings is 2. The number of ether oxygens (including phenoxy) is 3. The standard InChI is InChI=1S/C21H25BrN2O6S/c1-16(30-19-4-2-17(22)3-5-19)21(25)23-10-13-29-18-6-8-20(9-7-18)31(26,27)24-11-14-28-15-12-24/h2-9,16H,10-15H2,1H3,(H,23,25)/t16-/m1/s1. The number of carbonyl (C=O) groups is 1. The van der Waals surface area contributed by atoms with Gasteiger partial charge in [-0.25, -0.2) is 8.42 Å². The fourth-order valence-corrected chi connectivity index (χ4v) is 4.57. The van der Waals surface area contributed by atoms with Gasteiger partial charge in [0, 0.05) is 17.6 Å². The van der Waals surface area contributed by atoms with E-state index in [1.165, 1.54) is 16.4 Å². The fraction of sp³-hybridized carbons (Fsp3) is 0.381. The van der Waals surface area contributed by atoms with Crippen LogP contribution < -0.4 is 14.8 Å². The SMILES string of the molecule is C[C@@H](Oc1ccc(Br)cc1)C(=O)NCCOc1ccc(S(=O)(=O)N2CCOCC2)cc1. The second-order valence-corrected chi connectivity index (χ2v) is 9.69. The summed E-state index contributed by atoms with van der Waals surface area (Å²) in [5.41, 5.74) is 0. The molecule has 0 radical (unpaired) electrons. The van der Waals surface area contributed by atoms with Gasteiger partial charge in [0.15, 0.2) is 6.10 Å². The van der Waals surface area contributed by atoms with Gasteiger partial charge in [0.05, 0.1) is 24.7 Å². The van der Waals surface area contributed by atoms with Crippen LogP contribution in [0, 0.1) is 0 Å². The number of carbonyl (C=O) groups excluding carboxylic acids is 1. The highest BCUT2D eigenvalue weighted by molar-refractivity contribution is 9.10. The zero-order valence-corrected chi connectivity index (χ0v) is 19.5. The lowest BCUT2D eigenvalue weighted by molar-refractivity contribution is -0.127. The maximum Gasteiger partial charge on any atom is 0.260 e. The Labute approximate surface area is 190 Å². The number of morpholine rings is 1. The Morgan fingerprint density at radius 2 is 1.71 bits per heavy atom. The average molecular weight is 513 g/mol. The van der Waals surface area contributed by atoms with E-state index < -0.39 is 16.1 Å². The number of sulfonamides is 1. The summed E-state index contributed by atoms with van der Waals surface area (Å²) >= 11 is 3.35. The molecule has 10 heteroatoms. The minimum absolute atomic E-state index is 0.217. The van der Waals surface area contributed by atoms with Crippen molar-refractivity contribution in [3.63, 3.8) is 0 Å². The van der Waals surface area contributed by atoms with Gasteiger partial charge in [-0.2, -0.15) is 4.31 Å². The third-order valence-electron chi connectivity index (χ3n) is 4.60. The summed E-state index contributed by atoms with van der Waals surface area (Å²) in [7, 11) is -3.53. The lowest BCUT2D eigenvalue weighted by Crippen LogP contribution is -2.40. The van der Waals surface area contributed by atoms with Crippen LogP contribution in [0.5, 0.6) is 11.5 Å². The van der Waals surface area contributed by atoms with E-state index in [1.807, 2.05) is 12.1 Å². The van der Waals surface area contributed by atoms with Gasteiger partial charge < -0.3 is 19.5 Å². The normalized spacial score (nSPS) is 15.8. The van der Waals surface area contributed by atoms with Crippen LogP contribution in [0.1, 0.15) is 6.92 Å². The Hall–Kier alpha value is -2.14. The summed E-state index contributed by atoms with van der Waals surface area (Å²) in [5, 5.41) is 2.75. The van der Waals surface area contributed by atoms with Gasteiger partial charge in [-0.15, -0.1) is 0 Å². The van der Waals surface area contributed by atoms with E-state index in [4.69, 9.17) is 14.2 Å². The summed E-state index contributed by atoms with van der Waals surface area (Å²) in [4.78, 5) is 12.4. The summed E-state index contributed by atoms with van der Waals surface area (Å²) < 4.78 is 44.0. The molecule has 1 atom stereocenters. The first-order valence-electron chi connectivity index (χ1n) is 9.87. The topological polar surface area (TPSA) is 94.2 Å². The molecule has 0 aliphatic carbocycles. The molecular weight excluding hydrogens is 488 g/mol. The molecule has 1 fully saturated rings. The Bertz CT molecular complexity index is 960. The maximum atomic E-state index is 12.6.